The summed E-state index contributed by atoms with van der Waals surface area (Å²) in [7, 11) is 4.23. The van der Waals surface area contributed by atoms with Crippen LogP contribution < -0.4 is 0 Å². The summed E-state index contributed by atoms with van der Waals surface area (Å²) in [6.07, 6.45) is 57.9. The van der Waals surface area contributed by atoms with Crippen molar-refractivity contribution in [1.29, 1.82) is 0 Å². The van der Waals surface area contributed by atoms with Crippen LogP contribution >= 0.6 is 0 Å². The predicted octanol–water partition coefficient (Wildman–Crippen LogP) is 17.1. The molecule has 61 heavy (non-hydrogen) atoms. The summed E-state index contributed by atoms with van der Waals surface area (Å²) in [5.41, 5.74) is 0. The minimum Gasteiger partial charge on any atom is -0.463 e. The molecule has 0 saturated heterocycles. The van der Waals surface area contributed by atoms with Gasteiger partial charge in [0.05, 0.1) is 6.61 Å². The number of unbranched alkanes of at least 4 members (excludes halogenated alkanes) is 24. The Morgan fingerprint density at radius 1 is 0.459 bits per heavy atom. The first-order valence-corrected chi connectivity index (χ1v) is 27.0. The second kappa shape index (κ2) is 47.6. The van der Waals surface area contributed by atoms with Crippen LogP contribution in [0.25, 0.3) is 0 Å². The van der Waals surface area contributed by atoms with E-state index in [0.717, 1.165) is 77.3 Å². The summed E-state index contributed by atoms with van der Waals surface area (Å²) in [6, 6.07) is 0.298. The number of amides is 1. The summed E-state index contributed by atoms with van der Waals surface area (Å²) in [4.78, 5) is 31.4. The summed E-state index contributed by atoms with van der Waals surface area (Å²) in [5, 5.41) is 0. The lowest BCUT2D eigenvalue weighted by molar-refractivity contribution is -0.138. The molecule has 0 rings (SSSR count). The molecule has 0 aromatic heterocycles. The van der Waals surface area contributed by atoms with Crippen molar-refractivity contribution in [2.45, 2.75) is 271 Å². The molecular weight excluding hydrogens is 749 g/mol. The fraction of sp³-hybridized carbons (Fsp3) is 0.857. The van der Waals surface area contributed by atoms with Crippen LogP contribution in [-0.4, -0.2) is 61.5 Å². The number of rotatable bonds is 47. The Labute approximate surface area is 382 Å². The van der Waals surface area contributed by atoms with Gasteiger partial charge in [0, 0.05) is 25.1 Å². The number of carbonyl (C=O) groups is 2. The van der Waals surface area contributed by atoms with Crippen LogP contribution in [0.15, 0.2) is 36.5 Å². The molecule has 0 aliphatic carbocycles. The predicted molar refractivity (Wildman–Crippen MR) is 269 cm³/mol. The van der Waals surface area contributed by atoms with Crippen LogP contribution in [-0.2, 0) is 14.3 Å². The minimum atomic E-state index is -0.199. The van der Waals surface area contributed by atoms with Crippen molar-refractivity contribution < 1.29 is 14.3 Å². The summed E-state index contributed by atoms with van der Waals surface area (Å²) in [6.45, 7) is 11.5. The quantitative estimate of drug-likeness (QED) is 0.0265. The van der Waals surface area contributed by atoms with Gasteiger partial charge in [0.2, 0.25) is 5.91 Å². The number of hydrogen-bond acceptors (Lipinski definition) is 4. The van der Waals surface area contributed by atoms with E-state index in [1.54, 1.807) is 6.08 Å². The first-order chi connectivity index (χ1) is 29.9. The topological polar surface area (TPSA) is 49.9 Å². The molecule has 0 aliphatic rings. The summed E-state index contributed by atoms with van der Waals surface area (Å²) >= 11 is 0. The molecule has 0 fully saturated rings. The molecule has 1 unspecified atom stereocenters. The van der Waals surface area contributed by atoms with Gasteiger partial charge in [-0.2, -0.15) is 0 Å². The van der Waals surface area contributed by atoms with Gasteiger partial charge in [-0.05, 0) is 129 Å². The van der Waals surface area contributed by atoms with E-state index in [1.807, 2.05) is 6.08 Å². The van der Waals surface area contributed by atoms with Crippen molar-refractivity contribution >= 4 is 11.9 Å². The van der Waals surface area contributed by atoms with E-state index in [2.05, 4.69) is 75.9 Å². The molecule has 0 N–H and O–H groups in total. The molecule has 1 atom stereocenters. The normalized spacial score (nSPS) is 12.6. The van der Waals surface area contributed by atoms with Crippen LogP contribution in [0.2, 0.25) is 0 Å². The van der Waals surface area contributed by atoms with Gasteiger partial charge < -0.3 is 14.5 Å². The number of ether oxygens (including phenoxy) is 1. The van der Waals surface area contributed by atoms with Gasteiger partial charge in [-0.3, -0.25) is 4.79 Å². The van der Waals surface area contributed by atoms with E-state index >= 15 is 0 Å². The monoisotopic (exact) mass is 855 g/mol. The molecule has 0 saturated carbocycles. The minimum absolute atomic E-state index is 0.199. The zero-order valence-corrected chi connectivity index (χ0v) is 42.0. The first-order valence-electron chi connectivity index (χ1n) is 27.0. The van der Waals surface area contributed by atoms with Crippen LogP contribution in [0.5, 0.6) is 0 Å². The van der Waals surface area contributed by atoms with Gasteiger partial charge in [-0.15, -0.1) is 0 Å². The molecule has 5 nitrogen and oxygen atoms in total. The maximum atomic E-state index is 14.4. The van der Waals surface area contributed by atoms with Gasteiger partial charge in [-0.1, -0.05) is 186 Å². The molecule has 0 aromatic rings. The van der Waals surface area contributed by atoms with Crippen molar-refractivity contribution in [2.24, 2.45) is 5.92 Å². The van der Waals surface area contributed by atoms with E-state index in [1.165, 1.54) is 167 Å². The molecule has 0 bridgehead atoms. The standard InChI is InChI=1S/C56H106N2O3/c1-7-11-15-19-23-27-31-37-44-53(45-38-32-28-24-20-16-12-8-2)52-58(55(59)48-43-50-57(5)6)54(46-39-33-29-25-21-17-13-9-3)47-40-34-35-41-49-56(60)61-51-42-36-30-26-22-18-14-10-4/h23-24,27-28,41,49,53-54H,7-22,25-26,29-40,42-48,50-52H2,1-6H3/b27-23-,28-24-,49-41?. The van der Waals surface area contributed by atoms with Crippen molar-refractivity contribution in [3.8, 4) is 0 Å². The number of allylic oxidation sites excluding steroid dienone is 5. The fourth-order valence-corrected chi connectivity index (χ4v) is 8.54. The van der Waals surface area contributed by atoms with E-state index in [0.29, 0.717) is 30.9 Å². The lowest BCUT2D eigenvalue weighted by atomic mass is 9.92. The van der Waals surface area contributed by atoms with Gasteiger partial charge in [0.1, 0.15) is 0 Å². The average molecular weight is 855 g/mol. The number of carbonyl (C=O) groups excluding carboxylic acids is 2. The Hall–Kier alpha value is -1.88. The van der Waals surface area contributed by atoms with Crippen molar-refractivity contribution in [1.82, 2.24) is 9.80 Å². The molecular formula is C56H106N2O3. The summed E-state index contributed by atoms with van der Waals surface area (Å²) in [5.74, 6) is 0.720. The number of hydrogen-bond donors (Lipinski definition) is 0. The molecule has 0 aliphatic heterocycles. The van der Waals surface area contributed by atoms with E-state index in [-0.39, 0.29) is 5.97 Å². The molecule has 0 heterocycles. The molecule has 0 radical (unpaired) electrons. The van der Waals surface area contributed by atoms with Gasteiger partial charge >= 0.3 is 5.97 Å². The first kappa shape index (κ1) is 59.1. The third kappa shape index (κ3) is 41.9. The highest BCUT2D eigenvalue weighted by Gasteiger charge is 2.26. The van der Waals surface area contributed by atoms with Crippen LogP contribution in [0.3, 0.4) is 0 Å². The zero-order valence-electron chi connectivity index (χ0n) is 42.0. The second-order valence-electron chi connectivity index (χ2n) is 18.9. The molecule has 5 heteroatoms. The van der Waals surface area contributed by atoms with Gasteiger partial charge in [0.15, 0.2) is 0 Å². The Kier molecular flexibility index (Phi) is 46.1. The SMILES string of the molecule is CCCCC/C=C\CCCC(CCC/C=C\CCCCC)CN(C(=O)CCCN(C)C)C(CCCCC=CC(=O)OCCCCCCCCCC)CCCCCCCCCC. The Morgan fingerprint density at radius 2 is 0.869 bits per heavy atom. The molecule has 0 aromatic carbocycles. The van der Waals surface area contributed by atoms with Gasteiger partial charge in [0.25, 0.3) is 0 Å². The van der Waals surface area contributed by atoms with E-state index in [4.69, 9.17) is 4.74 Å². The van der Waals surface area contributed by atoms with Crippen molar-refractivity contribution in [2.75, 3.05) is 33.8 Å². The van der Waals surface area contributed by atoms with E-state index < -0.39 is 0 Å². The molecule has 358 valence electrons. The van der Waals surface area contributed by atoms with Gasteiger partial charge in [-0.25, -0.2) is 4.79 Å². The largest absolute Gasteiger partial charge is 0.463 e. The lowest BCUT2D eigenvalue weighted by Crippen LogP contribution is -2.43. The maximum Gasteiger partial charge on any atom is 0.330 e. The third-order valence-corrected chi connectivity index (χ3v) is 12.5. The summed E-state index contributed by atoms with van der Waals surface area (Å²) < 4.78 is 5.51. The van der Waals surface area contributed by atoms with Crippen molar-refractivity contribution in [3.63, 3.8) is 0 Å². The number of esters is 1. The maximum absolute atomic E-state index is 14.4. The smallest absolute Gasteiger partial charge is 0.330 e. The molecule has 0 spiro atoms. The Balaban J connectivity index is 5.70. The highest BCUT2D eigenvalue weighted by Crippen LogP contribution is 2.25. The Bertz CT molecular complexity index is 993. The Morgan fingerprint density at radius 3 is 1.38 bits per heavy atom. The fourth-order valence-electron chi connectivity index (χ4n) is 8.54. The second-order valence-corrected chi connectivity index (χ2v) is 18.9. The third-order valence-electron chi connectivity index (χ3n) is 12.5. The molecule has 1 amide bonds. The van der Waals surface area contributed by atoms with Crippen molar-refractivity contribution in [3.05, 3.63) is 36.5 Å². The highest BCUT2D eigenvalue weighted by molar-refractivity contribution is 5.81. The van der Waals surface area contributed by atoms with Crippen LogP contribution in [0.4, 0.5) is 0 Å². The average Bonchev–Trinajstić information content (AvgIpc) is 3.25. The van der Waals surface area contributed by atoms with Crippen LogP contribution in [0.1, 0.15) is 265 Å². The number of nitrogens with zero attached hydrogens (tertiary/aromatic N) is 2. The van der Waals surface area contributed by atoms with E-state index in [9.17, 15) is 9.59 Å². The van der Waals surface area contributed by atoms with Crippen LogP contribution in [0, 0.1) is 5.92 Å². The highest BCUT2D eigenvalue weighted by atomic mass is 16.5. The lowest BCUT2D eigenvalue weighted by Gasteiger charge is -2.36. The zero-order chi connectivity index (χ0) is 44.7.